The molecule has 2 rings (SSSR count). The maximum absolute atomic E-state index is 5.44. The van der Waals surface area contributed by atoms with Crippen LogP contribution in [0.25, 0.3) is 12.2 Å². The van der Waals surface area contributed by atoms with E-state index in [9.17, 15) is 0 Å². The topological polar surface area (TPSA) is 0 Å². The maximum atomic E-state index is 5.44. The van der Waals surface area contributed by atoms with Gasteiger partial charge < -0.3 is 0 Å². The number of benzene rings is 2. The largest absolute Gasteiger partial charge is 0.107 e. The summed E-state index contributed by atoms with van der Waals surface area (Å²) in [6.07, 6.45) is 3.53. The van der Waals surface area contributed by atoms with Crippen molar-refractivity contribution in [3.8, 4) is 0 Å². The Morgan fingerprint density at radius 2 is 1.22 bits per heavy atom. The summed E-state index contributed by atoms with van der Waals surface area (Å²) in [5.41, 5.74) is 2.19. The summed E-state index contributed by atoms with van der Waals surface area (Å²) in [6, 6.07) is 19.7. The zero-order valence-corrected chi connectivity index (χ0v) is 11.4. The van der Waals surface area contributed by atoms with Crippen LogP contribution >= 0.6 is 23.2 Å². The van der Waals surface area contributed by atoms with Crippen LogP contribution in [0.15, 0.2) is 71.7 Å². The molecule has 0 bridgehead atoms. The van der Waals surface area contributed by atoms with Gasteiger partial charge in [-0.25, -0.2) is 0 Å². The Kier molecular flexibility index (Phi) is 6.93. The van der Waals surface area contributed by atoms with E-state index >= 15 is 0 Å². The van der Waals surface area contributed by atoms with Crippen LogP contribution in [0, 0.1) is 0 Å². The molecule has 0 aliphatic rings. The molecule has 0 unspecified atom stereocenters. The average Bonchev–Trinajstić information content (AvgIpc) is 2.41. The van der Waals surface area contributed by atoms with Crippen LogP contribution in [0.4, 0.5) is 0 Å². The molecule has 0 fully saturated rings. The molecular weight excluding hydrogens is 263 g/mol. The van der Waals surface area contributed by atoms with Crippen molar-refractivity contribution < 1.29 is 0 Å². The fourth-order valence-corrected chi connectivity index (χ4v) is 1.52. The summed E-state index contributed by atoms with van der Waals surface area (Å²) in [7, 11) is 0. The van der Waals surface area contributed by atoms with Gasteiger partial charge in [0.05, 0.1) is 0 Å². The Morgan fingerprint density at radius 3 is 1.56 bits per heavy atom. The summed E-state index contributed by atoms with van der Waals surface area (Å²) in [6.45, 7) is 3.63. The highest BCUT2D eigenvalue weighted by Crippen LogP contribution is 2.12. The zero-order valence-electron chi connectivity index (χ0n) is 9.89. The Labute approximate surface area is 118 Å². The van der Waals surface area contributed by atoms with E-state index in [0.717, 1.165) is 5.56 Å². The third-order valence-corrected chi connectivity index (χ3v) is 2.33. The second-order valence-electron chi connectivity index (χ2n) is 3.46. The summed E-state index contributed by atoms with van der Waals surface area (Å²) in [5.74, 6) is 0. The molecule has 0 spiro atoms. The third kappa shape index (κ3) is 6.29. The molecule has 0 radical (unpaired) electrons. The molecule has 0 N–H and O–H groups in total. The van der Waals surface area contributed by atoms with Gasteiger partial charge in [0.25, 0.3) is 0 Å². The first-order chi connectivity index (χ1) is 8.72. The average molecular weight is 277 g/mol. The van der Waals surface area contributed by atoms with Gasteiger partial charge in [-0.1, -0.05) is 96.5 Å². The van der Waals surface area contributed by atoms with E-state index in [1.165, 1.54) is 5.56 Å². The van der Waals surface area contributed by atoms with Crippen molar-refractivity contribution >= 4 is 35.4 Å². The van der Waals surface area contributed by atoms with E-state index in [4.69, 9.17) is 23.2 Å². The molecule has 0 aliphatic carbocycles. The number of rotatable bonds is 2. The first-order valence-corrected chi connectivity index (χ1v) is 6.23. The van der Waals surface area contributed by atoms with Gasteiger partial charge >= 0.3 is 0 Å². The molecule has 0 heterocycles. The minimum atomic E-state index is 0.284. The zero-order chi connectivity index (χ0) is 13.2. The molecule has 0 aliphatic heterocycles. The predicted molar refractivity (Wildman–Crippen MR) is 82.7 cm³/mol. The van der Waals surface area contributed by atoms with Gasteiger partial charge in [-0.05, 0) is 17.2 Å². The minimum Gasteiger partial charge on any atom is -0.0985 e. The molecule has 0 saturated heterocycles. The Hall–Kier alpha value is -1.50. The van der Waals surface area contributed by atoms with Crippen molar-refractivity contribution in [1.82, 2.24) is 0 Å². The quantitative estimate of drug-likeness (QED) is 0.651. The van der Waals surface area contributed by atoms with Crippen molar-refractivity contribution in [3.05, 3.63) is 82.9 Å². The summed E-state index contributed by atoms with van der Waals surface area (Å²) < 4.78 is 0.284. The van der Waals surface area contributed by atoms with Gasteiger partial charge in [-0.3, -0.25) is 0 Å². The molecule has 18 heavy (non-hydrogen) atoms. The van der Waals surface area contributed by atoms with Gasteiger partial charge in [0.15, 0.2) is 0 Å². The molecule has 2 aromatic carbocycles. The first kappa shape index (κ1) is 14.6. The normalized spacial score (nSPS) is 8.78. The van der Waals surface area contributed by atoms with Crippen LogP contribution in [-0.4, -0.2) is 0 Å². The van der Waals surface area contributed by atoms with Crippen LogP contribution in [0.3, 0.4) is 0 Å². The molecule has 2 aromatic rings. The van der Waals surface area contributed by atoms with Gasteiger partial charge in [-0.2, -0.15) is 0 Å². The van der Waals surface area contributed by atoms with Crippen LogP contribution in [-0.2, 0) is 0 Å². The predicted octanol–water partition coefficient (Wildman–Crippen LogP) is 5.79. The second-order valence-corrected chi connectivity index (χ2v) is 4.47. The monoisotopic (exact) mass is 276 g/mol. The number of hydrogen-bond donors (Lipinski definition) is 0. The second kappa shape index (κ2) is 8.57. The molecule has 2 heteroatoms. The molecule has 92 valence electrons. The Bertz CT molecular complexity index is 483. The van der Waals surface area contributed by atoms with Crippen LogP contribution in [0.5, 0.6) is 0 Å². The molecule has 0 saturated carbocycles. The van der Waals surface area contributed by atoms with E-state index in [1.807, 2.05) is 66.7 Å². The van der Waals surface area contributed by atoms with Gasteiger partial charge in [0, 0.05) is 0 Å². The van der Waals surface area contributed by atoms with Crippen molar-refractivity contribution in [2.24, 2.45) is 0 Å². The van der Waals surface area contributed by atoms with Gasteiger partial charge in [0.1, 0.15) is 4.49 Å². The summed E-state index contributed by atoms with van der Waals surface area (Å²) in [5, 5.41) is 0. The molecule has 0 nitrogen and oxygen atoms in total. The summed E-state index contributed by atoms with van der Waals surface area (Å²) in [4.78, 5) is 0. The number of halogens is 2. The molecule has 0 aromatic heterocycles. The highest BCUT2D eigenvalue weighted by molar-refractivity contribution is 6.57. The molecule has 0 amide bonds. The first-order valence-electron chi connectivity index (χ1n) is 5.47. The lowest BCUT2D eigenvalue weighted by atomic mass is 10.2. The van der Waals surface area contributed by atoms with Crippen LogP contribution in [0.2, 0.25) is 0 Å². The minimum absolute atomic E-state index is 0.284. The summed E-state index contributed by atoms with van der Waals surface area (Å²) >= 11 is 10.9. The van der Waals surface area contributed by atoms with Crippen molar-refractivity contribution in [3.63, 3.8) is 0 Å². The highest BCUT2D eigenvalue weighted by atomic mass is 35.5. The van der Waals surface area contributed by atoms with Crippen molar-refractivity contribution in [2.45, 2.75) is 0 Å². The standard InChI is InChI=1S/C8H6Cl2.C8H8/c9-8(10)6-7-4-2-1-3-5-7;1-2-8-6-4-3-5-7-8/h1-6H;2-7H,1H2. The van der Waals surface area contributed by atoms with Gasteiger partial charge in [0.2, 0.25) is 0 Å². The van der Waals surface area contributed by atoms with E-state index in [1.54, 1.807) is 6.08 Å². The van der Waals surface area contributed by atoms with Gasteiger partial charge in [-0.15, -0.1) is 0 Å². The van der Waals surface area contributed by atoms with Crippen LogP contribution in [0.1, 0.15) is 11.1 Å². The smallest absolute Gasteiger partial charge is 0.0985 e. The van der Waals surface area contributed by atoms with E-state index < -0.39 is 0 Å². The lowest BCUT2D eigenvalue weighted by Crippen LogP contribution is -1.67. The lowest BCUT2D eigenvalue weighted by Gasteiger charge is -1.88. The van der Waals surface area contributed by atoms with Crippen molar-refractivity contribution in [2.75, 3.05) is 0 Å². The molecule has 0 atom stereocenters. The SMILES string of the molecule is C=Cc1ccccc1.ClC(Cl)=Cc1ccccc1. The third-order valence-electron chi connectivity index (χ3n) is 2.11. The highest BCUT2D eigenvalue weighted by Gasteiger charge is 1.85. The maximum Gasteiger partial charge on any atom is 0.107 e. The number of hydrogen-bond acceptors (Lipinski definition) is 0. The lowest BCUT2D eigenvalue weighted by molar-refractivity contribution is 1.66. The van der Waals surface area contributed by atoms with E-state index in [0.29, 0.717) is 0 Å². The Morgan fingerprint density at radius 1 is 0.778 bits per heavy atom. The Balaban J connectivity index is 0.000000184. The van der Waals surface area contributed by atoms with E-state index in [2.05, 4.69) is 6.58 Å². The fraction of sp³-hybridized carbons (Fsp3) is 0. The van der Waals surface area contributed by atoms with Crippen LogP contribution < -0.4 is 0 Å². The molecular formula is C16H14Cl2. The fourth-order valence-electron chi connectivity index (χ4n) is 1.26. The van der Waals surface area contributed by atoms with E-state index in [-0.39, 0.29) is 4.49 Å². The van der Waals surface area contributed by atoms with Crippen molar-refractivity contribution in [1.29, 1.82) is 0 Å².